The number of halogens is 1. The highest BCUT2D eigenvalue weighted by atomic mass is 35.5. The van der Waals surface area contributed by atoms with Crippen molar-refractivity contribution in [1.82, 2.24) is 9.80 Å². The molecule has 1 saturated heterocycles. The van der Waals surface area contributed by atoms with Crippen LogP contribution in [0.1, 0.15) is 32.6 Å². The predicted octanol–water partition coefficient (Wildman–Crippen LogP) is 5.50. The molecule has 5 nitrogen and oxygen atoms in total. The Hall–Kier alpha value is -3.02. The monoisotopic (exact) mass is 478 g/mol. The number of hydrogen-bond acceptors (Lipinski definition) is 4. The fourth-order valence-corrected chi connectivity index (χ4v) is 4.31. The van der Waals surface area contributed by atoms with E-state index in [0.717, 1.165) is 52.8 Å². The maximum absolute atomic E-state index is 13.2. The summed E-state index contributed by atoms with van der Waals surface area (Å²) in [4.78, 5) is 17.5. The van der Waals surface area contributed by atoms with Crippen molar-refractivity contribution in [2.24, 2.45) is 0 Å². The van der Waals surface area contributed by atoms with Crippen molar-refractivity contribution in [2.45, 2.75) is 27.0 Å². The van der Waals surface area contributed by atoms with Crippen LogP contribution in [-0.4, -0.2) is 49.0 Å². The van der Waals surface area contributed by atoms with Crippen LogP contribution in [0, 0.1) is 13.8 Å². The number of rotatable bonds is 7. The number of benzene rings is 3. The summed E-state index contributed by atoms with van der Waals surface area (Å²) in [6.45, 7) is 8.35. The highest BCUT2D eigenvalue weighted by Gasteiger charge is 2.23. The SMILES string of the molecule is COc1ccc(C(=O)N2CCN(Cc3ccc(Cl)cc3)CC2)cc1COc1cc(C)ccc1C. The largest absolute Gasteiger partial charge is 0.496 e. The molecule has 0 spiro atoms. The molecule has 3 aromatic carbocycles. The minimum absolute atomic E-state index is 0.0433. The average molecular weight is 479 g/mol. The average Bonchev–Trinajstić information content (AvgIpc) is 2.86. The zero-order chi connectivity index (χ0) is 24.1. The molecule has 34 heavy (non-hydrogen) atoms. The van der Waals surface area contributed by atoms with Gasteiger partial charge in [0.15, 0.2) is 0 Å². The van der Waals surface area contributed by atoms with Gasteiger partial charge in [-0.2, -0.15) is 0 Å². The van der Waals surface area contributed by atoms with Crippen molar-refractivity contribution < 1.29 is 14.3 Å². The highest BCUT2D eigenvalue weighted by molar-refractivity contribution is 6.30. The first kappa shape index (κ1) is 24.1. The molecule has 0 aliphatic carbocycles. The van der Waals surface area contributed by atoms with Crippen LogP contribution in [0.15, 0.2) is 60.7 Å². The van der Waals surface area contributed by atoms with Gasteiger partial charge in [0.2, 0.25) is 0 Å². The number of methoxy groups -OCH3 is 1. The fourth-order valence-electron chi connectivity index (χ4n) is 4.18. The lowest BCUT2D eigenvalue weighted by molar-refractivity contribution is 0.0628. The van der Waals surface area contributed by atoms with Crippen LogP contribution in [0.25, 0.3) is 0 Å². The summed E-state index contributed by atoms with van der Waals surface area (Å²) < 4.78 is 11.6. The van der Waals surface area contributed by atoms with Crippen LogP contribution in [-0.2, 0) is 13.2 Å². The van der Waals surface area contributed by atoms with E-state index in [2.05, 4.69) is 29.2 Å². The Labute approximate surface area is 206 Å². The van der Waals surface area contributed by atoms with Crippen molar-refractivity contribution in [3.63, 3.8) is 0 Å². The van der Waals surface area contributed by atoms with E-state index < -0.39 is 0 Å². The van der Waals surface area contributed by atoms with Crippen molar-refractivity contribution in [3.8, 4) is 11.5 Å². The second-order valence-electron chi connectivity index (χ2n) is 8.78. The first-order valence-corrected chi connectivity index (χ1v) is 11.9. The minimum atomic E-state index is 0.0433. The van der Waals surface area contributed by atoms with Gasteiger partial charge in [-0.25, -0.2) is 0 Å². The molecule has 178 valence electrons. The maximum Gasteiger partial charge on any atom is 0.253 e. The number of nitrogens with zero attached hydrogens (tertiary/aromatic N) is 2. The molecule has 0 bridgehead atoms. The zero-order valence-corrected chi connectivity index (χ0v) is 20.8. The van der Waals surface area contributed by atoms with E-state index in [1.54, 1.807) is 7.11 Å². The topological polar surface area (TPSA) is 42.0 Å². The van der Waals surface area contributed by atoms with Crippen LogP contribution in [0.2, 0.25) is 5.02 Å². The third-order valence-corrected chi connectivity index (χ3v) is 6.49. The van der Waals surface area contributed by atoms with Gasteiger partial charge in [0, 0.05) is 48.9 Å². The Morgan fingerprint density at radius 1 is 0.912 bits per heavy atom. The van der Waals surface area contributed by atoms with E-state index in [-0.39, 0.29) is 5.91 Å². The van der Waals surface area contributed by atoms with Crippen LogP contribution < -0.4 is 9.47 Å². The smallest absolute Gasteiger partial charge is 0.253 e. The first-order chi connectivity index (χ1) is 16.4. The Morgan fingerprint density at radius 3 is 2.35 bits per heavy atom. The van der Waals surface area contributed by atoms with E-state index in [1.165, 1.54) is 5.56 Å². The van der Waals surface area contributed by atoms with Crippen LogP contribution in [0.3, 0.4) is 0 Å². The van der Waals surface area contributed by atoms with E-state index in [0.29, 0.717) is 25.3 Å². The normalized spacial score (nSPS) is 14.2. The van der Waals surface area contributed by atoms with Gasteiger partial charge in [-0.05, 0) is 66.9 Å². The molecule has 1 fully saturated rings. The summed E-state index contributed by atoms with van der Waals surface area (Å²) in [6.07, 6.45) is 0. The number of carbonyl (C=O) groups is 1. The number of hydrogen-bond donors (Lipinski definition) is 0. The lowest BCUT2D eigenvalue weighted by atomic mass is 10.1. The van der Waals surface area contributed by atoms with E-state index in [4.69, 9.17) is 21.1 Å². The van der Waals surface area contributed by atoms with E-state index in [1.807, 2.05) is 55.1 Å². The first-order valence-electron chi connectivity index (χ1n) is 11.6. The van der Waals surface area contributed by atoms with Gasteiger partial charge in [0.25, 0.3) is 5.91 Å². The lowest BCUT2D eigenvalue weighted by Gasteiger charge is -2.35. The van der Waals surface area contributed by atoms with Crippen LogP contribution in [0.4, 0.5) is 0 Å². The number of carbonyl (C=O) groups excluding carboxylic acids is 1. The Morgan fingerprint density at radius 2 is 1.65 bits per heavy atom. The third-order valence-electron chi connectivity index (χ3n) is 6.23. The van der Waals surface area contributed by atoms with Gasteiger partial charge in [-0.3, -0.25) is 9.69 Å². The Kier molecular flexibility index (Phi) is 7.76. The summed E-state index contributed by atoms with van der Waals surface area (Å²) >= 11 is 5.99. The van der Waals surface area contributed by atoms with Gasteiger partial charge in [-0.15, -0.1) is 0 Å². The molecule has 3 aromatic rings. The molecule has 0 saturated carbocycles. The molecular weight excluding hydrogens is 448 g/mol. The summed E-state index contributed by atoms with van der Waals surface area (Å²) in [5.74, 6) is 1.60. The van der Waals surface area contributed by atoms with Crippen molar-refractivity contribution in [3.05, 3.63) is 93.5 Å². The number of amides is 1. The lowest BCUT2D eigenvalue weighted by Crippen LogP contribution is -2.48. The molecule has 0 N–H and O–H groups in total. The molecule has 1 aliphatic rings. The molecule has 1 heterocycles. The Balaban J connectivity index is 1.39. The third kappa shape index (κ3) is 5.91. The summed E-state index contributed by atoms with van der Waals surface area (Å²) in [6, 6.07) is 19.7. The molecule has 0 atom stereocenters. The highest BCUT2D eigenvalue weighted by Crippen LogP contribution is 2.25. The van der Waals surface area contributed by atoms with E-state index >= 15 is 0 Å². The quantitative estimate of drug-likeness (QED) is 0.449. The summed E-state index contributed by atoms with van der Waals surface area (Å²) in [5, 5.41) is 0.748. The molecule has 4 rings (SSSR count). The van der Waals surface area contributed by atoms with Crippen molar-refractivity contribution in [2.75, 3.05) is 33.3 Å². The predicted molar refractivity (Wildman–Crippen MR) is 136 cm³/mol. The maximum atomic E-state index is 13.2. The van der Waals surface area contributed by atoms with Crippen LogP contribution in [0.5, 0.6) is 11.5 Å². The minimum Gasteiger partial charge on any atom is -0.496 e. The molecule has 0 unspecified atom stereocenters. The van der Waals surface area contributed by atoms with Gasteiger partial charge >= 0.3 is 0 Å². The van der Waals surface area contributed by atoms with Gasteiger partial charge in [0.1, 0.15) is 18.1 Å². The number of ether oxygens (including phenoxy) is 2. The second-order valence-corrected chi connectivity index (χ2v) is 9.22. The number of piperazine rings is 1. The Bertz CT molecular complexity index is 1140. The zero-order valence-electron chi connectivity index (χ0n) is 20.0. The fraction of sp³-hybridized carbons (Fsp3) is 0.321. The van der Waals surface area contributed by atoms with Crippen molar-refractivity contribution >= 4 is 17.5 Å². The van der Waals surface area contributed by atoms with Gasteiger partial charge in [0.05, 0.1) is 7.11 Å². The molecule has 0 radical (unpaired) electrons. The van der Waals surface area contributed by atoms with E-state index in [9.17, 15) is 4.79 Å². The number of aryl methyl sites for hydroxylation is 2. The summed E-state index contributed by atoms with van der Waals surface area (Å²) in [7, 11) is 1.64. The molecule has 1 aliphatic heterocycles. The van der Waals surface area contributed by atoms with Gasteiger partial charge < -0.3 is 14.4 Å². The standard InChI is InChI=1S/C28H31ClN2O3/c1-20-4-5-21(2)27(16-20)34-19-24-17-23(8-11-26(24)33-3)28(32)31-14-12-30(13-15-31)18-22-6-9-25(29)10-7-22/h4-11,16-17H,12-15,18-19H2,1-3H3. The molecule has 6 heteroatoms. The summed E-state index contributed by atoms with van der Waals surface area (Å²) in [5.41, 5.74) is 4.97. The van der Waals surface area contributed by atoms with Crippen LogP contribution >= 0.6 is 11.6 Å². The van der Waals surface area contributed by atoms with Crippen molar-refractivity contribution in [1.29, 1.82) is 0 Å². The molecule has 1 amide bonds. The van der Waals surface area contributed by atoms with Gasteiger partial charge in [-0.1, -0.05) is 35.9 Å². The second kappa shape index (κ2) is 10.9. The molecular formula is C28H31ClN2O3. The molecule has 0 aromatic heterocycles.